The Labute approximate surface area is 279 Å². The van der Waals surface area contributed by atoms with Gasteiger partial charge in [0.25, 0.3) is 0 Å². The zero-order valence-electron chi connectivity index (χ0n) is 27.0. The van der Waals surface area contributed by atoms with Crippen LogP contribution in [0.5, 0.6) is 0 Å². The smallest absolute Gasteiger partial charge is 0.113 e. The Bertz CT molecular complexity index is 1550. The van der Waals surface area contributed by atoms with Gasteiger partial charge in [0.2, 0.25) is 0 Å². The molecule has 0 saturated carbocycles. The van der Waals surface area contributed by atoms with Crippen LogP contribution in [-0.4, -0.2) is 49.0 Å². The Morgan fingerprint density at radius 1 is 0.447 bits per heavy atom. The molecule has 5 aromatic rings. The van der Waals surface area contributed by atoms with Crippen LogP contribution in [0.15, 0.2) is 152 Å². The minimum atomic E-state index is -0.305. The first kappa shape index (κ1) is 32.8. The molecule has 0 radical (unpaired) electrons. The Kier molecular flexibility index (Phi) is 12.4. The van der Waals surface area contributed by atoms with Gasteiger partial charge in [0, 0.05) is 13.1 Å². The van der Waals surface area contributed by atoms with E-state index in [1.54, 1.807) is 0 Å². The molecule has 0 amide bonds. The normalized spacial score (nSPS) is 19.8. The van der Waals surface area contributed by atoms with E-state index in [0.717, 1.165) is 35.2 Å². The molecular formula is C42H45NO4. The van der Waals surface area contributed by atoms with Gasteiger partial charge in [-0.05, 0) is 34.2 Å². The number of hydrogen-bond acceptors (Lipinski definition) is 5. The minimum absolute atomic E-state index is 0.0384. The predicted octanol–water partition coefficient (Wildman–Crippen LogP) is 7.89. The molecule has 5 nitrogen and oxygen atoms in total. The summed E-state index contributed by atoms with van der Waals surface area (Å²) in [4.78, 5) is 2.51. The van der Waals surface area contributed by atoms with Crippen molar-refractivity contribution < 1.29 is 18.9 Å². The first-order chi connectivity index (χ1) is 23.3. The first-order valence-corrected chi connectivity index (χ1v) is 16.7. The molecule has 6 rings (SSSR count). The molecule has 47 heavy (non-hydrogen) atoms. The van der Waals surface area contributed by atoms with Crippen LogP contribution in [0, 0.1) is 0 Å². The summed E-state index contributed by atoms with van der Waals surface area (Å²) in [6.45, 7) is 4.07. The highest BCUT2D eigenvalue weighted by atomic mass is 16.6. The third kappa shape index (κ3) is 9.94. The topological polar surface area (TPSA) is 40.2 Å². The van der Waals surface area contributed by atoms with Crippen molar-refractivity contribution in [1.82, 2.24) is 4.90 Å². The van der Waals surface area contributed by atoms with Crippen molar-refractivity contribution in [1.29, 1.82) is 0 Å². The van der Waals surface area contributed by atoms with E-state index >= 15 is 0 Å². The van der Waals surface area contributed by atoms with Crippen LogP contribution in [0.2, 0.25) is 0 Å². The highest BCUT2D eigenvalue weighted by Crippen LogP contribution is 2.29. The van der Waals surface area contributed by atoms with Gasteiger partial charge in [-0.1, -0.05) is 152 Å². The van der Waals surface area contributed by atoms with Crippen LogP contribution in [0.4, 0.5) is 0 Å². The van der Waals surface area contributed by atoms with E-state index in [1.807, 2.05) is 24.3 Å². The van der Waals surface area contributed by atoms with Crippen LogP contribution in [0.1, 0.15) is 27.8 Å². The van der Waals surface area contributed by atoms with Crippen LogP contribution >= 0.6 is 0 Å². The lowest BCUT2D eigenvalue weighted by Crippen LogP contribution is -2.64. The average Bonchev–Trinajstić information content (AvgIpc) is 3.14. The molecule has 5 aromatic carbocycles. The summed E-state index contributed by atoms with van der Waals surface area (Å²) in [6.07, 6.45) is 0.115. The molecule has 0 unspecified atom stereocenters. The van der Waals surface area contributed by atoms with Crippen molar-refractivity contribution in [3.05, 3.63) is 179 Å². The summed E-state index contributed by atoms with van der Waals surface area (Å²) < 4.78 is 27.0. The van der Waals surface area contributed by atoms with E-state index < -0.39 is 0 Å². The van der Waals surface area contributed by atoms with E-state index in [2.05, 4.69) is 132 Å². The zero-order chi connectivity index (χ0) is 31.9. The molecule has 1 fully saturated rings. The fourth-order valence-corrected chi connectivity index (χ4v) is 6.22. The van der Waals surface area contributed by atoms with E-state index in [9.17, 15) is 0 Å². The highest BCUT2D eigenvalue weighted by molar-refractivity contribution is 5.18. The number of ether oxygens (including phenoxy) is 4. The van der Waals surface area contributed by atoms with Gasteiger partial charge in [-0.25, -0.2) is 0 Å². The molecular weight excluding hydrogens is 582 g/mol. The Balaban J connectivity index is 1.29. The summed E-state index contributed by atoms with van der Waals surface area (Å²) in [7, 11) is 0. The van der Waals surface area contributed by atoms with E-state index in [1.165, 1.54) is 5.56 Å². The van der Waals surface area contributed by atoms with E-state index in [4.69, 9.17) is 18.9 Å². The number of hydrogen-bond donors (Lipinski definition) is 0. The monoisotopic (exact) mass is 627 g/mol. The van der Waals surface area contributed by atoms with Crippen molar-refractivity contribution in [2.75, 3.05) is 19.7 Å². The maximum atomic E-state index is 6.92. The third-order valence-corrected chi connectivity index (χ3v) is 8.76. The van der Waals surface area contributed by atoms with Gasteiger partial charge in [0.15, 0.2) is 0 Å². The summed E-state index contributed by atoms with van der Waals surface area (Å²) in [5.41, 5.74) is 5.85. The SMILES string of the molecule is c1ccc(CCN2C[C@H](OCc3ccccc3)[C@@H](OCc3ccccc3)[C@H](OCc3ccccc3)[C@@H]2COCc2ccccc2)cc1. The summed E-state index contributed by atoms with van der Waals surface area (Å²) in [5.74, 6) is 0. The largest absolute Gasteiger partial charge is 0.375 e. The number of nitrogens with zero attached hydrogens (tertiary/aromatic N) is 1. The summed E-state index contributed by atoms with van der Waals surface area (Å²) in [6, 6.07) is 52.1. The predicted molar refractivity (Wildman–Crippen MR) is 187 cm³/mol. The van der Waals surface area contributed by atoms with Crippen molar-refractivity contribution in [3.8, 4) is 0 Å². The summed E-state index contributed by atoms with van der Waals surface area (Å²) in [5, 5.41) is 0. The van der Waals surface area contributed by atoms with Crippen molar-refractivity contribution in [3.63, 3.8) is 0 Å². The molecule has 0 spiro atoms. The average molecular weight is 628 g/mol. The molecule has 5 heteroatoms. The standard InChI is InChI=1S/C42H45NO4/c1-6-16-34(17-7-1)26-27-43-28-40(45-30-36-20-10-3-11-21-36)42(47-32-38-24-14-5-15-25-38)41(46-31-37-22-12-4-13-23-37)39(43)33-44-29-35-18-8-2-9-19-35/h1-25,39-42H,26-33H2/t39-,40-,41+,42+/m0/s1. The first-order valence-electron chi connectivity index (χ1n) is 16.7. The molecule has 1 saturated heterocycles. The van der Waals surface area contributed by atoms with Gasteiger partial charge in [0.1, 0.15) is 12.2 Å². The highest BCUT2D eigenvalue weighted by Gasteiger charge is 2.46. The zero-order valence-corrected chi connectivity index (χ0v) is 27.0. The number of piperidine rings is 1. The maximum absolute atomic E-state index is 6.92. The van der Waals surface area contributed by atoms with Gasteiger partial charge in [-0.2, -0.15) is 0 Å². The van der Waals surface area contributed by atoms with E-state index in [0.29, 0.717) is 39.6 Å². The van der Waals surface area contributed by atoms with Crippen LogP contribution in [0.25, 0.3) is 0 Å². The van der Waals surface area contributed by atoms with Gasteiger partial charge in [-0.3, -0.25) is 4.90 Å². The molecule has 4 atom stereocenters. The second-order valence-electron chi connectivity index (χ2n) is 12.2. The van der Waals surface area contributed by atoms with Crippen molar-refractivity contribution in [2.45, 2.75) is 57.2 Å². The molecule has 0 aliphatic carbocycles. The molecule has 242 valence electrons. The lowest BCUT2D eigenvalue weighted by atomic mass is 9.92. The van der Waals surface area contributed by atoms with Crippen LogP contribution in [0.3, 0.4) is 0 Å². The Morgan fingerprint density at radius 2 is 0.851 bits per heavy atom. The second-order valence-corrected chi connectivity index (χ2v) is 12.2. The number of rotatable bonds is 16. The Morgan fingerprint density at radius 3 is 1.34 bits per heavy atom. The van der Waals surface area contributed by atoms with Gasteiger partial charge >= 0.3 is 0 Å². The molecule has 1 heterocycles. The van der Waals surface area contributed by atoms with Crippen LogP contribution < -0.4 is 0 Å². The molecule has 0 aromatic heterocycles. The van der Waals surface area contributed by atoms with Gasteiger partial charge in [-0.15, -0.1) is 0 Å². The maximum Gasteiger partial charge on any atom is 0.113 e. The number of likely N-dealkylation sites (tertiary alicyclic amines) is 1. The van der Waals surface area contributed by atoms with Gasteiger partial charge < -0.3 is 18.9 Å². The molecule has 1 aliphatic heterocycles. The lowest BCUT2D eigenvalue weighted by molar-refractivity contribution is -0.210. The summed E-state index contributed by atoms with van der Waals surface area (Å²) >= 11 is 0. The van der Waals surface area contributed by atoms with Crippen molar-refractivity contribution in [2.24, 2.45) is 0 Å². The lowest BCUT2D eigenvalue weighted by Gasteiger charge is -2.48. The van der Waals surface area contributed by atoms with Gasteiger partial charge in [0.05, 0.1) is 45.2 Å². The molecule has 1 aliphatic rings. The van der Waals surface area contributed by atoms with Crippen molar-refractivity contribution >= 4 is 0 Å². The molecule has 0 bridgehead atoms. The fraction of sp³-hybridized carbons (Fsp3) is 0.286. The Hall–Kier alpha value is -4.10. The van der Waals surface area contributed by atoms with Crippen LogP contribution in [-0.2, 0) is 51.8 Å². The quantitative estimate of drug-likeness (QED) is 0.111. The fourth-order valence-electron chi connectivity index (χ4n) is 6.22. The molecule has 0 N–H and O–H groups in total. The minimum Gasteiger partial charge on any atom is -0.375 e. The second kappa shape index (κ2) is 17.7. The number of benzene rings is 5. The van der Waals surface area contributed by atoms with E-state index in [-0.39, 0.29) is 24.4 Å². The third-order valence-electron chi connectivity index (χ3n) is 8.76.